The van der Waals surface area contributed by atoms with Crippen molar-refractivity contribution >= 4 is 18.5 Å². The molecule has 2 N–H and O–H groups in total. The summed E-state index contributed by atoms with van der Waals surface area (Å²) in [4.78, 5) is 16.4. The molecule has 5 heteroatoms. The van der Waals surface area contributed by atoms with Gasteiger partial charge in [-0.25, -0.2) is 4.98 Å². The predicted octanol–water partition coefficient (Wildman–Crippen LogP) is 4.88. The summed E-state index contributed by atoms with van der Waals surface area (Å²) >= 11 is 4.77. The first-order valence-electron chi connectivity index (χ1n) is 10.2. The molecule has 3 aromatic carbocycles. The monoisotopic (exact) mass is 427 g/mol. The van der Waals surface area contributed by atoms with Crippen LogP contribution in [0.2, 0.25) is 0 Å². The van der Waals surface area contributed by atoms with Gasteiger partial charge in [-0.1, -0.05) is 91.0 Å². The van der Waals surface area contributed by atoms with Gasteiger partial charge in [-0.2, -0.15) is 12.6 Å². The van der Waals surface area contributed by atoms with Crippen molar-refractivity contribution in [1.82, 2.24) is 9.55 Å². The van der Waals surface area contributed by atoms with Crippen LogP contribution in [0.25, 0.3) is 0 Å². The van der Waals surface area contributed by atoms with Crippen LogP contribution in [0.5, 0.6) is 0 Å². The van der Waals surface area contributed by atoms with Gasteiger partial charge in [0.25, 0.3) is 0 Å². The molecule has 1 unspecified atom stereocenters. The first kappa shape index (κ1) is 20.9. The van der Waals surface area contributed by atoms with E-state index >= 15 is 0 Å². The third-order valence-electron chi connectivity index (χ3n) is 5.64. The number of aryl methyl sites for hydroxylation is 1. The largest absolute Gasteiger partial charge is 0.370 e. The summed E-state index contributed by atoms with van der Waals surface area (Å²) < 4.78 is 2.16. The van der Waals surface area contributed by atoms with E-state index in [2.05, 4.69) is 45.9 Å². The van der Waals surface area contributed by atoms with E-state index in [9.17, 15) is 4.79 Å². The summed E-state index contributed by atoms with van der Waals surface area (Å²) in [5.74, 6) is -0.392. The quantitative estimate of drug-likeness (QED) is 0.326. The van der Waals surface area contributed by atoms with Crippen LogP contribution in [-0.2, 0) is 10.3 Å². The van der Waals surface area contributed by atoms with Crippen molar-refractivity contribution in [2.24, 2.45) is 5.73 Å². The number of hydrogen-bond donors (Lipinski definition) is 2. The normalized spacial score (nSPS) is 12.5. The summed E-state index contributed by atoms with van der Waals surface area (Å²) in [5, 5.41) is -0.379. The molecular weight excluding hydrogens is 402 g/mol. The predicted molar refractivity (Wildman–Crippen MR) is 127 cm³/mol. The molecule has 1 atom stereocenters. The van der Waals surface area contributed by atoms with Crippen molar-refractivity contribution in [3.8, 4) is 0 Å². The van der Waals surface area contributed by atoms with Crippen LogP contribution in [0.15, 0.2) is 97.3 Å². The number of primary amides is 1. The van der Waals surface area contributed by atoms with Crippen LogP contribution in [0.3, 0.4) is 0 Å². The number of carbonyl (C=O) groups excluding carboxylic acids is 1. The second-order valence-corrected chi connectivity index (χ2v) is 8.20. The molecular formula is C26H25N3OS. The molecule has 4 nitrogen and oxygen atoms in total. The van der Waals surface area contributed by atoms with Crippen molar-refractivity contribution in [3.63, 3.8) is 0 Å². The zero-order valence-corrected chi connectivity index (χ0v) is 18.2. The maximum Gasteiger partial charge on any atom is 0.218 e. The second-order valence-electron chi connectivity index (χ2n) is 7.58. The Morgan fingerprint density at radius 1 is 0.903 bits per heavy atom. The Kier molecular flexibility index (Phi) is 5.96. The lowest BCUT2D eigenvalue weighted by Gasteiger charge is -2.39. The van der Waals surface area contributed by atoms with Gasteiger partial charge < -0.3 is 10.3 Å². The fraction of sp³-hybridized carbons (Fsp3) is 0.154. The van der Waals surface area contributed by atoms with Gasteiger partial charge >= 0.3 is 0 Å². The molecule has 4 aromatic rings. The van der Waals surface area contributed by atoms with E-state index < -0.39 is 11.4 Å². The standard InChI is InChI=1S/C26H25N3OS/c1-19-25(23(31)17-24(27)30)29(18-28-19)26(20-11-5-2-6-12-20,21-13-7-3-8-14-21)22-15-9-4-10-16-22/h2-16,18,23,31H,17H2,1H3,(H2,27,30). The molecule has 0 saturated heterocycles. The molecule has 1 amide bonds. The van der Waals surface area contributed by atoms with Crippen LogP contribution in [0, 0.1) is 6.92 Å². The van der Waals surface area contributed by atoms with Gasteiger partial charge in [-0.3, -0.25) is 4.79 Å². The Hall–Kier alpha value is -3.31. The van der Waals surface area contributed by atoms with Crippen LogP contribution in [0.4, 0.5) is 0 Å². The Morgan fingerprint density at radius 2 is 1.32 bits per heavy atom. The molecule has 0 saturated carbocycles. The van der Waals surface area contributed by atoms with Gasteiger partial charge in [0.2, 0.25) is 5.91 Å². The number of hydrogen-bond acceptors (Lipinski definition) is 3. The average molecular weight is 428 g/mol. The highest BCUT2D eigenvalue weighted by molar-refractivity contribution is 7.80. The number of amides is 1. The van der Waals surface area contributed by atoms with Crippen molar-refractivity contribution in [3.05, 3.63) is 125 Å². The summed E-state index contributed by atoms with van der Waals surface area (Å²) in [6.45, 7) is 1.95. The molecule has 1 heterocycles. The Morgan fingerprint density at radius 3 is 1.71 bits per heavy atom. The lowest BCUT2D eigenvalue weighted by Crippen LogP contribution is -2.39. The maximum atomic E-state index is 11.7. The van der Waals surface area contributed by atoms with Gasteiger partial charge in [0.15, 0.2) is 0 Å². The van der Waals surface area contributed by atoms with Gasteiger partial charge in [-0.05, 0) is 23.6 Å². The van der Waals surface area contributed by atoms with Gasteiger partial charge in [0.05, 0.1) is 23.0 Å². The number of carbonyl (C=O) groups is 1. The van der Waals surface area contributed by atoms with Crippen LogP contribution >= 0.6 is 12.6 Å². The zero-order chi connectivity index (χ0) is 21.8. The van der Waals surface area contributed by atoms with Crippen LogP contribution in [-0.4, -0.2) is 15.5 Å². The fourth-order valence-corrected chi connectivity index (χ4v) is 4.85. The molecule has 31 heavy (non-hydrogen) atoms. The highest BCUT2D eigenvalue weighted by Gasteiger charge is 2.40. The Balaban J connectivity index is 2.12. The highest BCUT2D eigenvalue weighted by Crippen LogP contribution is 2.43. The minimum Gasteiger partial charge on any atom is -0.370 e. The molecule has 4 rings (SSSR count). The van der Waals surface area contributed by atoms with Gasteiger partial charge in [-0.15, -0.1) is 0 Å². The van der Waals surface area contributed by atoms with Crippen molar-refractivity contribution in [2.45, 2.75) is 24.1 Å². The molecule has 156 valence electrons. The lowest BCUT2D eigenvalue weighted by atomic mass is 9.76. The zero-order valence-electron chi connectivity index (χ0n) is 17.3. The van der Waals surface area contributed by atoms with Crippen LogP contribution in [0.1, 0.15) is 39.7 Å². The van der Waals surface area contributed by atoms with E-state index in [4.69, 9.17) is 18.4 Å². The van der Waals surface area contributed by atoms with E-state index in [1.807, 2.05) is 67.8 Å². The van der Waals surface area contributed by atoms with Crippen molar-refractivity contribution in [1.29, 1.82) is 0 Å². The van der Waals surface area contributed by atoms with E-state index in [-0.39, 0.29) is 11.7 Å². The minimum absolute atomic E-state index is 0.129. The first-order chi connectivity index (χ1) is 15.0. The smallest absolute Gasteiger partial charge is 0.218 e. The lowest BCUT2D eigenvalue weighted by molar-refractivity contribution is -0.118. The molecule has 0 radical (unpaired) electrons. The Labute approximate surface area is 188 Å². The van der Waals surface area contributed by atoms with E-state index in [1.165, 1.54) is 0 Å². The van der Waals surface area contributed by atoms with E-state index in [1.54, 1.807) is 0 Å². The Bertz CT molecular complexity index is 1060. The van der Waals surface area contributed by atoms with Crippen molar-refractivity contribution < 1.29 is 4.79 Å². The minimum atomic E-state index is -0.695. The number of thiol groups is 1. The molecule has 0 fully saturated rings. The molecule has 0 bridgehead atoms. The van der Waals surface area contributed by atoms with Crippen molar-refractivity contribution in [2.75, 3.05) is 0 Å². The summed E-state index contributed by atoms with van der Waals surface area (Å²) in [5.41, 5.74) is 9.80. The highest BCUT2D eigenvalue weighted by atomic mass is 32.1. The fourth-order valence-electron chi connectivity index (χ4n) is 4.36. The number of nitrogens with two attached hydrogens (primary N) is 1. The summed E-state index contributed by atoms with van der Waals surface area (Å²) in [7, 11) is 0. The number of nitrogens with zero attached hydrogens (tertiary/aromatic N) is 2. The molecule has 0 spiro atoms. The van der Waals surface area contributed by atoms with Crippen LogP contribution < -0.4 is 5.73 Å². The van der Waals surface area contributed by atoms with E-state index in [0.29, 0.717) is 0 Å². The topological polar surface area (TPSA) is 60.9 Å². The molecule has 0 aliphatic rings. The summed E-state index contributed by atoms with van der Waals surface area (Å²) in [6, 6.07) is 31.0. The summed E-state index contributed by atoms with van der Waals surface area (Å²) in [6.07, 6.45) is 1.98. The molecule has 0 aliphatic carbocycles. The van der Waals surface area contributed by atoms with E-state index in [0.717, 1.165) is 28.1 Å². The number of rotatable bonds is 7. The third kappa shape index (κ3) is 3.77. The third-order valence-corrected chi connectivity index (χ3v) is 6.07. The number of imidazole rings is 1. The second kappa shape index (κ2) is 8.82. The first-order valence-corrected chi connectivity index (χ1v) is 10.7. The number of benzene rings is 3. The maximum absolute atomic E-state index is 11.7. The number of aromatic nitrogens is 2. The average Bonchev–Trinajstić information content (AvgIpc) is 3.18. The molecule has 1 aromatic heterocycles. The molecule has 0 aliphatic heterocycles. The SMILES string of the molecule is Cc1ncn(C(c2ccccc2)(c2ccccc2)c2ccccc2)c1C(S)CC(N)=O. The van der Waals surface area contributed by atoms with Gasteiger partial charge in [0, 0.05) is 6.42 Å². The van der Waals surface area contributed by atoms with Gasteiger partial charge in [0.1, 0.15) is 5.54 Å².